The predicted octanol–water partition coefficient (Wildman–Crippen LogP) is 2.66. The highest BCUT2D eigenvalue weighted by atomic mass is 32.2. The fourth-order valence-electron chi connectivity index (χ4n) is 3.16. The van der Waals surface area contributed by atoms with Crippen LogP contribution in [0.25, 0.3) is 0 Å². The maximum Gasteiger partial charge on any atom is 0.218 e. The molecular weight excluding hydrogens is 286 g/mol. The van der Waals surface area contributed by atoms with Gasteiger partial charge in [0, 0.05) is 12.6 Å². The Morgan fingerprint density at radius 1 is 1.19 bits per heavy atom. The summed E-state index contributed by atoms with van der Waals surface area (Å²) >= 11 is 0. The molecule has 0 atom stereocenters. The van der Waals surface area contributed by atoms with E-state index in [-0.39, 0.29) is 18.4 Å². The second-order valence-electron chi connectivity index (χ2n) is 5.73. The van der Waals surface area contributed by atoms with E-state index in [4.69, 9.17) is 5.11 Å². The molecule has 0 spiro atoms. The first-order valence-corrected chi connectivity index (χ1v) is 9.36. The number of nitrogens with zero attached hydrogens (tertiary/aromatic N) is 1. The lowest BCUT2D eigenvalue weighted by molar-refractivity contribution is 0.261. The van der Waals surface area contributed by atoms with Gasteiger partial charge in [-0.1, -0.05) is 50.5 Å². The van der Waals surface area contributed by atoms with Gasteiger partial charge in [0.05, 0.1) is 12.4 Å². The summed E-state index contributed by atoms with van der Waals surface area (Å²) in [5, 5.41) is 9.16. The van der Waals surface area contributed by atoms with Gasteiger partial charge in [-0.2, -0.15) is 4.31 Å². The molecule has 0 bridgehead atoms. The summed E-state index contributed by atoms with van der Waals surface area (Å²) in [7, 11) is -3.30. The highest BCUT2D eigenvalue weighted by Crippen LogP contribution is 2.26. The van der Waals surface area contributed by atoms with E-state index in [1.54, 1.807) is 22.5 Å². The van der Waals surface area contributed by atoms with Crippen molar-refractivity contribution in [3.05, 3.63) is 35.4 Å². The molecule has 0 saturated heterocycles. The zero-order valence-corrected chi connectivity index (χ0v) is 13.5. The van der Waals surface area contributed by atoms with Crippen LogP contribution in [0.2, 0.25) is 0 Å². The average molecular weight is 311 g/mol. The molecule has 1 fully saturated rings. The normalized spacial score (nSPS) is 17.3. The Labute approximate surface area is 127 Å². The monoisotopic (exact) mass is 311 g/mol. The van der Waals surface area contributed by atoms with Crippen LogP contribution in [0.3, 0.4) is 0 Å². The van der Waals surface area contributed by atoms with Crippen molar-refractivity contribution in [3.8, 4) is 0 Å². The Morgan fingerprint density at radius 3 is 2.48 bits per heavy atom. The lowest BCUT2D eigenvalue weighted by atomic mass is 9.95. The third kappa shape index (κ3) is 4.28. The topological polar surface area (TPSA) is 57.6 Å². The van der Waals surface area contributed by atoms with Crippen LogP contribution >= 0.6 is 0 Å². The van der Waals surface area contributed by atoms with Crippen molar-refractivity contribution < 1.29 is 13.5 Å². The van der Waals surface area contributed by atoms with Gasteiger partial charge in [0.25, 0.3) is 0 Å². The molecule has 0 heterocycles. The first-order chi connectivity index (χ1) is 10.1. The minimum Gasteiger partial charge on any atom is -0.392 e. The predicted molar refractivity (Wildman–Crippen MR) is 84.2 cm³/mol. The van der Waals surface area contributed by atoms with E-state index < -0.39 is 10.0 Å². The van der Waals surface area contributed by atoms with Gasteiger partial charge < -0.3 is 5.11 Å². The minimum atomic E-state index is -3.30. The number of rotatable bonds is 6. The van der Waals surface area contributed by atoms with Gasteiger partial charge in [-0.3, -0.25) is 0 Å². The molecule has 0 aromatic heterocycles. The Morgan fingerprint density at radius 2 is 1.86 bits per heavy atom. The van der Waals surface area contributed by atoms with Gasteiger partial charge in [0.2, 0.25) is 10.0 Å². The van der Waals surface area contributed by atoms with Crippen LogP contribution in [0.1, 0.15) is 50.2 Å². The first-order valence-electron chi connectivity index (χ1n) is 7.75. The maximum atomic E-state index is 12.7. The standard InChI is InChI=1S/C16H25NO3S/c1-2-17(16-9-4-3-5-10-16)21(19,20)13-15-8-6-7-14(11-15)12-18/h6-8,11,16,18H,2-5,9-10,12-13H2,1H3. The summed E-state index contributed by atoms with van der Waals surface area (Å²) in [5.74, 6) is 0.0190. The van der Waals surface area contributed by atoms with Crippen LogP contribution in [0.5, 0.6) is 0 Å². The molecule has 1 aliphatic rings. The highest BCUT2D eigenvalue weighted by molar-refractivity contribution is 7.88. The molecule has 21 heavy (non-hydrogen) atoms. The Kier molecular flexibility index (Phi) is 5.79. The lowest BCUT2D eigenvalue weighted by Crippen LogP contribution is -2.41. The van der Waals surface area contributed by atoms with Crippen LogP contribution in [-0.2, 0) is 22.4 Å². The van der Waals surface area contributed by atoms with Crippen LogP contribution in [0.4, 0.5) is 0 Å². The zero-order chi connectivity index (χ0) is 15.3. The lowest BCUT2D eigenvalue weighted by Gasteiger charge is -2.32. The van der Waals surface area contributed by atoms with Crippen molar-refractivity contribution in [3.63, 3.8) is 0 Å². The highest BCUT2D eigenvalue weighted by Gasteiger charge is 2.29. The van der Waals surface area contributed by atoms with Crippen molar-refractivity contribution in [2.75, 3.05) is 6.54 Å². The van der Waals surface area contributed by atoms with Crippen LogP contribution in [0, 0.1) is 0 Å². The van der Waals surface area contributed by atoms with Crippen LogP contribution in [0.15, 0.2) is 24.3 Å². The zero-order valence-electron chi connectivity index (χ0n) is 12.7. The molecule has 1 aliphatic carbocycles. The molecule has 1 aromatic rings. The molecule has 4 nitrogen and oxygen atoms in total. The third-order valence-electron chi connectivity index (χ3n) is 4.17. The summed E-state index contributed by atoms with van der Waals surface area (Å²) in [6.07, 6.45) is 5.41. The minimum absolute atomic E-state index is 0.0190. The summed E-state index contributed by atoms with van der Waals surface area (Å²) < 4.78 is 27.1. The number of hydrogen-bond acceptors (Lipinski definition) is 3. The van der Waals surface area contributed by atoms with Gasteiger partial charge in [-0.25, -0.2) is 8.42 Å². The Balaban J connectivity index is 2.14. The molecule has 5 heteroatoms. The Hall–Kier alpha value is -0.910. The molecular formula is C16H25NO3S. The van der Waals surface area contributed by atoms with E-state index in [2.05, 4.69) is 0 Å². The maximum absolute atomic E-state index is 12.7. The first kappa shape index (κ1) is 16.5. The van der Waals surface area contributed by atoms with Crippen LogP contribution in [-0.4, -0.2) is 30.4 Å². The average Bonchev–Trinajstić information content (AvgIpc) is 2.48. The molecule has 2 rings (SSSR count). The molecule has 0 unspecified atom stereocenters. The van der Waals surface area contributed by atoms with E-state index in [0.29, 0.717) is 6.54 Å². The largest absolute Gasteiger partial charge is 0.392 e. The van der Waals surface area contributed by atoms with Crippen molar-refractivity contribution in [2.45, 2.75) is 57.4 Å². The van der Waals surface area contributed by atoms with E-state index in [1.165, 1.54) is 6.42 Å². The summed E-state index contributed by atoms with van der Waals surface area (Å²) in [5.41, 5.74) is 1.50. The number of sulfonamides is 1. The van der Waals surface area contributed by atoms with E-state index in [9.17, 15) is 8.42 Å². The second kappa shape index (κ2) is 7.38. The fraction of sp³-hybridized carbons (Fsp3) is 0.625. The van der Waals surface area contributed by atoms with Crippen molar-refractivity contribution in [1.82, 2.24) is 4.31 Å². The molecule has 1 N–H and O–H groups in total. The molecule has 0 radical (unpaired) electrons. The molecule has 1 saturated carbocycles. The van der Waals surface area contributed by atoms with Crippen molar-refractivity contribution >= 4 is 10.0 Å². The molecule has 1 aromatic carbocycles. The summed E-state index contributed by atoms with van der Waals surface area (Å²) in [6.45, 7) is 2.39. The van der Waals surface area contributed by atoms with E-state index in [0.717, 1.165) is 36.8 Å². The third-order valence-corrected chi connectivity index (χ3v) is 6.14. The quantitative estimate of drug-likeness (QED) is 0.878. The number of hydrogen-bond donors (Lipinski definition) is 1. The van der Waals surface area contributed by atoms with E-state index in [1.807, 2.05) is 13.0 Å². The number of benzene rings is 1. The number of aliphatic hydroxyl groups is 1. The summed E-state index contributed by atoms with van der Waals surface area (Å²) in [4.78, 5) is 0. The van der Waals surface area contributed by atoms with Crippen LogP contribution < -0.4 is 0 Å². The van der Waals surface area contributed by atoms with E-state index >= 15 is 0 Å². The van der Waals surface area contributed by atoms with Gasteiger partial charge in [0.1, 0.15) is 0 Å². The fourth-order valence-corrected chi connectivity index (χ4v) is 4.99. The molecule has 0 amide bonds. The smallest absolute Gasteiger partial charge is 0.218 e. The molecule has 118 valence electrons. The van der Waals surface area contributed by atoms with Crippen molar-refractivity contribution in [2.24, 2.45) is 0 Å². The van der Waals surface area contributed by atoms with Gasteiger partial charge in [-0.05, 0) is 24.0 Å². The summed E-state index contributed by atoms with van der Waals surface area (Å²) in [6, 6.07) is 7.34. The SMILES string of the molecule is CCN(C1CCCCC1)S(=O)(=O)Cc1cccc(CO)c1. The second-order valence-corrected chi connectivity index (χ2v) is 7.65. The Bertz CT molecular complexity index is 550. The van der Waals surface area contributed by atoms with Gasteiger partial charge in [-0.15, -0.1) is 0 Å². The van der Waals surface area contributed by atoms with Gasteiger partial charge >= 0.3 is 0 Å². The molecule has 0 aliphatic heterocycles. The van der Waals surface area contributed by atoms with Gasteiger partial charge in [0.15, 0.2) is 0 Å². The number of aliphatic hydroxyl groups excluding tert-OH is 1. The van der Waals surface area contributed by atoms with Crippen molar-refractivity contribution in [1.29, 1.82) is 0 Å².